The van der Waals surface area contributed by atoms with E-state index in [4.69, 9.17) is 0 Å². The zero-order valence-electron chi connectivity index (χ0n) is 20.0. The molecule has 0 saturated carbocycles. The quantitative estimate of drug-likeness (QED) is 0.173. The van der Waals surface area contributed by atoms with Gasteiger partial charge in [-0.2, -0.15) is 8.75 Å². The van der Waals surface area contributed by atoms with E-state index in [9.17, 15) is 14.7 Å². The van der Waals surface area contributed by atoms with Crippen molar-refractivity contribution in [2.24, 2.45) is 0 Å². The van der Waals surface area contributed by atoms with Crippen molar-refractivity contribution < 1.29 is 14.7 Å². The number of carboxylic acid groups (broad SMARTS) is 1. The van der Waals surface area contributed by atoms with Gasteiger partial charge in [0.25, 0.3) is 0 Å². The second-order valence-corrected chi connectivity index (χ2v) is 10.7. The Morgan fingerprint density at radius 2 is 1.51 bits per heavy atom. The van der Waals surface area contributed by atoms with E-state index in [0.717, 1.165) is 22.2 Å². The van der Waals surface area contributed by atoms with Crippen molar-refractivity contribution in [3.63, 3.8) is 0 Å². The molecule has 0 fully saturated rings. The van der Waals surface area contributed by atoms with Crippen molar-refractivity contribution in [1.82, 2.24) is 8.75 Å². The number of fused-ring (bicyclic) bond motifs is 1. The fourth-order valence-corrected chi connectivity index (χ4v) is 4.82. The molecule has 35 heavy (non-hydrogen) atoms. The molecule has 0 aliphatic rings. The average molecular weight is 503 g/mol. The van der Waals surface area contributed by atoms with Crippen LogP contribution in [0.15, 0.2) is 77.2 Å². The molecule has 0 aliphatic carbocycles. The van der Waals surface area contributed by atoms with Crippen LogP contribution in [0.1, 0.15) is 47.8 Å². The van der Waals surface area contributed by atoms with Gasteiger partial charge in [-0.15, -0.1) is 11.8 Å². The number of rotatable bonds is 7. The number of Topliss-reactive ketones (excluding diaryl/α,β-unsaturated/α-hetero) is 1. The number of nitrogens with zero attached hydrogens (tertiary/aromatic N) is 2. The predicted octanol–water partition coefficient (Wildman–Crippen LogP) is 6.67. The standard InChI is InChI=1S/C28H26N2O3S2/c1-28(2,3)20-10-5-17(6-11-20)15-22(26(31)18-7-12-21(34-4)13-8-18)25(27(32)33)19-9-14-23-24(16-19)30-35-29-23/h5-14,16H,15H2,1-4H3,(H,32,33). The van der Waals surface area contributed by atoms with E-state index in [1.54, 1.807) is 42.1 Å². The van der Waals surface area contributed by atoms with Gasteiger partial charge in [-0.05, 0) is 64.8 Å². The highest BCUT2D eigenvalue weighted by atomic mass is 32.2. The lowest BCUT2D eigenvalue weighted by Crippen LogP contribution is -2.14. The number of aliphatic carboxylic acids is 1. The molecule has 5 nitrogen and oxygen atoms in total. The summed E-state index contributed by atoms with van der Waals surface area (Å²) < 4.78 is 8.45. The largest absolute Gasteiger partial charge is 0.478 e. The fraction of sp³-hybridized carbons (Fsp3) is 0.214. The third-order valence-corrected chi connectivity index (χ3v) is 7.19. The van der Waals surface area contributed by atoms with Gasteiger partial charge in [-0.1, -0.05) is 51.1 Å². The van der Waals surface area contributed by atoms with Crippen LogP contribution >= 0.6 is 23.5 Å². The molecule has 0 spiro atoms. The first-order valence-corrected chi connectivity index (χ1v) is 13.1. The van der Waals surface area contributed by atoms with E-state index in [-0.39, 0.29) is 28.8 Å². The monoisotopic (exact) mass is 502 g/mol. The summed E-state index contributed by atoms with van der Waals surface area (Å²) in [6, 6.07) is 20.4. The van der Waals surface area contributed by atoms with Crippen LogP contribution in [0.5, 0.6) is 0 Å². The number of carboxylic acids is 1. The zero-order valence-corrected chi connectivity index (χ0v) is 21.7. The van der Waals surface area contributed by atoms with Gasteiger partial charge in [0.1, 0.15) is 11.0 Å². The Kier molecular flexibility index (Phi) is 7.19. The maximum atomic E-state index is 13.8. The number of allylic oxidation sites excluding steroid dienone is 1. The first kappa shape index (κ1) is 24.8. The van der Waals surface area contributed by atoms with Crippen LogP contribution in [0.3, 0.4) is 0 Å². The molecular formula is C28H26N2O3S2. The summed E-state index contributed by atoms with van der Waals surface area (Å²) >= 11 is 2.65. The molecule has 1 heterocycles. The number of ketones is 1. The minimum absolute atomic E-state index is 0.00470. The highest BCUT2D eigenvalue weighted by Crippen LogP contribution is 2.29. The SMILES string of the molecule is CSc1ccc(C(=O)C(Cc2ccc(C(C)(C)C)cc2)=C(C(=O)O)c2ccc3nsnc3c2)cc1. The summed E-state index contributed by atoms with van der Waals surface area (Å²) in [7, 11) is 0. The van der Waals surface area contributed by atoms with Gasteiger partial charge < -0.3 is 5.11 Å². The summed E-state index contributed by atoms with van der Waals surface area (Å²) in [4.78, 5) is 27.4. The van der Waals surface area contributed by atoms with Crippen molar-refractivity contribution in [2.75, 3.05) is 6.26 Å². The van der Waals surface area contributed by atoms with Gasteiger partial charge in [-0.25, -0.2) is 4.79 Å². The Morgan fingerprint density at radius 1 is 0.886 bits per heavy atom. The predicted molar refractivity (Wildman–Crippen MR) is 143 cm³/mol. The van der Waals surface area contributed by atoms with E-state index in [0.29, 0.717) is 22.2 Å². The smallest absolute Gasteiger partial charge is 0.336 e. The minimum atomic E-state index is -1.15. The van der Waals surface area contributed by atoms with Crippen LogP contribution < -0.4 is 0 Å². The van der Waals surface area contributed by atoms with E-state index in [2.05, 4.69) is 29.5 Å². The summed E-state index contributed by atoms with van der Waals surface area (Å²) in [5.74, 6) is -1.45. The van der Waals surface area contributed by atoms with Gasteiger partial charge in [-0.3, -0.25) is 4.79 Å². The zero-order chi connectivity index (χ0) is 25.2. The summed E-state index contributed by atoms with van der Waals surface area (Å²) in [5.41, 5.74) is 4.46. The van der Waals surface area contributed by atoms with E-state index in [1.165, 1.54) is 5.56 Å². The summed E-state index contributed by atoms with van der Waals surface area (Å²) in [5, 5.41) is 10.3. The normalized spacial score (nSPS) is 12.5. The van der Waals surface area contributed by atoms with Gasteiger partial charge in [0.05, 0.1) is 17.3 Å². The van der Waals surface area contributed by atoms with Crippen LogP contribution in [-0.2, 0) is 16.6 Å². The number of carbonyl (C=O) groups excluding carboxylic acids is 1. The van der Waals surface area contributed by atoms with Crippen LogP contribution in [0, 0.1) is 0 Å². The molecule has 0 unspecified atom stereocenters. The first-order chi connectivity index (χ1) is 16.7. The molecule has 7 heteroatoms. The van der Waals surface area contributed by atoms with Crippen molar-refractivity contribution >= 4 is 51.8 Å². The molecule has 0 bridgehead atoms. The van der Waals surface area contributed by atoms with Crippen LogP contribution in [0.25, 0.3) is 16.6 Å². The fourth-order valence-electron chi connectivity index (χ4n) is 3.89. The third-order valence-electron chi connectivity index (χ3n) is 5.89. The number of thioether (sulfide) groups is 1. The maximum Gasteiger partial charge on any atom is 0.336 e. The lowest BCUT2D eigenvalue weighted by molar-refractivity contribution is -0.130. The van der Waals surface area contributed by atoms with Crippen LogP contribution in [0.2, 0.25) is 0 Å². The molecule has 0 saturated heterocycles. The van der Waals surface area contributed by atoms with Crippen LogP contribution in [0.4, 0.5) is 0 Å². The lowest BCUT2D eigenvalue weighted by atomic mass is 9.85. The van der Waals surface area contributed by atoms with Crippen molar-refractivity contribution in [3.05, 3.63) is 94.6 Å². The highest BCUT2D eigenvalue weighted by Gasteiger charge is 2.25. The second kappa shape index (κ2) is 10.1. The summed E-state index contributed by atoms with van der Waals surface area (Å²) in [6.07, 6.45) is 2.16. The highest BCUT2D eigenvalue weighted by molar-refractivity contribution is 7.98. The molecule has 4 aromatic rings. The molecule has 1 aromatic heterocycles. The van der Waals surface area contributed by atoms with Gasteiger partial charge in [0.15, 0.2) is 5.78 Å². The van der Waals surface area contributed by atoms with Crippen molar-refractivity contribution in [2.45, 2.75) is 37.5 Å². The third kappa shape index (κ3) is 5.52. The molecule has 0 atom stereocenters. The molecule has 1 N–H and O–H groups in total. The van der Waals surface area contributed by atoms with Crippen molar-refractivity contribution in [1.29, 1.82) is 0 Å². The Morgan fingerprint density at radius 3 is 2.11 bits per heavy atom. The average Bonchev–Trinajstić information content (AvgIpc) is 3.31. The number of aromatic nitrogens is 2. The molecule has 0 amide bonds. The number of hydrogen-bond acceptors (Lipinski definition) is 6. The Hall–Kier alpha value is -3.29. The topological polar surface area (TPSA) is 80.2 Å². The molecule has 3 aromatic carbocycles. The molecule has 178 valence electrons. The summed E-state index contributed by atoms with van der Waals surface area (Å²) in [6.45, 7) is 6.42. The number of carbonyl (C=O) groups is 2. The number of benzene rings is 3. The van der Waals surface area contributed by atoms with E-state index < -0.39 is 5.97 Å². The van der Waals surface area contributed by atoms with Gasteiger partial charge >= 0.3 is 5.97 Å². The van der Waals surface area contributed by atoms with E-state index in [1.807, 2.05) is 42.7 Å². The van der Waals surface area contributed by atoms with Gasteiger partial charge in [0.2, 0.25) is 0 Å². The molecular weight excluding hydrogens is 476 g/mol. The van der Waals surface area contributed by atoms with Crippen LogP contribution in [-0.4, -0.2) is 31.9 Å². The second-order valence-electron chi connectivity index (χ2n) is 9.31. The molecule has 4 rings (SSSR count). The van der Waals surface area contributed by atoms with E-state index >= 15 is 0 Å². The Labute approximate surface area is 213 Å². The minimum Gasteiger partial charge on any atom is -0.478 e. The Bertz CT molecular complexity index is 1410. The molecule has 0 aliphatic heterocycles. The number of hydrogen-bond donors (Lipinski definition) is 1. The molecule has 0 radical (unpaired) electrons. The lowest BCUT2D eigenvalue weighted by Gasteiger charge is -2.19. The first-order valence-electron chi connectivity index (χ1n) is 11.1. The maximum absolute atomic E-state index is 13.8. The Balaban J connectivity index is 1.86. The van der Waals surface area contributed by atoms with Gasteiger partial charge in [0, 0.05) is 22.5 Å². The van der Waals surface area contributed by atoms with Crippen molar-refractivity contribution in [3.8, 4) is 0 Å².